The van der Waals surface area contributed by atoms with Crippen LogP contribution in [-0.2, 0) is 0 Å². The van der Waals surface area contributed by atoms with Gasteiger partial charge >= 0.3 is 0 Å². The van der Waals surface area contributed by atoms with Crippen molar-refractivity contribution in [3.05, 3.63) is 0 Å². The van der Waals surface area contributed by atoms with Gasteiger partial charge in [0.2, 0.25) is 0 Å². The molecule has 2 fully saturated rings. The fourth-order valence-corrected chi connectivity index (χ4v) is 1.63. The van der Waals surface area contributed by atoms with Gasteiger partial charge in [-0.05, 0) is 30.6 Å². The van der Waals surface area contributed by atoms with Gasteiger partial charge < -0.3 is 5.73 Å². The SMILES string of the molecule is CC1(C2CC2)CC1N. The van der Waals surface area contributed by atoms with E-state index in [2.05, 4.69) is 6.92 Å². The van der Waals surface area contributed by atoms with Gasteiger partial charge in [0.1, 0.15) is 0 Å². The van der Waals surface area contributed by atoms with Crippen LogP contribution >= 0.6 is 0 Å². The molecule has 2 atom stereocenters. The summed E-state index contributed by atoms with van der Waals surface area (Å²) in [6.07, 6.45) is 4.19. The maximum Gasteiger partial charge on any atom is 0.0102 e. The standard InChI is InChI=1S/C7H13N/c1-7(4-6(7)8)5-2-3-5/h5-6H,2-4,8H2,1H3. The van der Waals surface area contributed by atoms with Crippen LogP contribution in [0.4, 0.5) is 0 Å². The van der Waals surface area contributed by atoms with E-state index in [0.717, 1.165) is 5.92 Å². The Morgan fingerprint density at radius 1 is 1.50 bits per heavy atom. The van der Waals surface area contributed by atoms with Crippen molar-refractivity contribution < 1.29 is 0 Å². The van der Waals surface area contributed by atoms with E-state index in [-0.39, 0.29) is 0 Å². The van der Waals surface area contributed by atoms with Crippen LogP contribution in [0.25, 0.3) is 0 Å². The molecule has 0 bridgehead atoms. The Hall–Kier alpha value is -0.0400. The van der Waals surface area contributed by atoms with Crippen molar-refractivity contribution in [1.82, 2.24) is 0 Å². The second-order valence-electron chi connectivity index (χ2n) is 3.59. The highest BCUT2D eigenvalue weighted by Gasteiger charge is 2.56. The molecule has 0 aliphatic heterocycles. The van der Waals surface area contributed by atoms with Crippen molar-refractivity contribution in [3.63, 3.8) is 0 Å². The molecular formula is C7H13N. The molecule has 2 rings (SSSR count). The van der Waals surface area contributed by atoms with Crippen LogP contribution in [0.5, 0.6) is 0 Å². The minimum atomic E-state index is 0.551. The minimum Gasteiger partial charge on any atom is -0.327 e. The van der Waals surface area contributed by atoms with Crippen molar-refractivity contribution in [1.29, 1.82) is 0 Å². The third kappa shape index (κ3) is 0.455. The second-order valence-corrected chi connectivity index (χ2v) is 3.59. The Bertz CT molecular complexity index is 118. The Balaban J connectivity index is 2.04. The van der Waals surface area contributed by atoms with E-state index in [1.165, 1.54) is 19.3 Å². The Morgan fingerprint density at radius 3 is 2.12 bits per heavy atom. The van der Waals surface area contributed by atoms with Crippen LogP contribution in [0.1, 0.15) is 26.2 Å². The molecule has 1 nitrogen and oxygen atoms in total. The van der Waals surface area contributed by atoms with Gasteiger partial charge in [0, 0.05) is 6.04 Å². The predicted octanol–water partition coefficient (Wildman–Crippen LogP) is 1.13. The van der Waals surface area contributed by atoms with Gasteiger partial charge in [0.15, 0.2) is 0 Å². The van der Waals surface area contributed by atoms with Gasteiger partial charge in [-0.15, -0.1) is 0 Å². The van der Waals surface area contributed by atoms with Gasteiger partial charge in [-0.1, -0.05) is 6.92 Å². The summed E-state index contributed by atoms with van der Waals surface area (Å²) in [5.74, 6) is 1.01. The monoisotopic (exact) mass is 111 g/mol. The summed E-state index contributed by atoms with van der Waals surface area (Å²) in [6, 6.07) is 0.551. The first-order valence-corrected chi connectivity index (χ1v) is 3.49. The molecule has 0 radical (unpaired) electrons. The van der Waals surface area contributed by atoms with Gasteiger partial charge in [0.25, 0.3) is 0 Å². The Kier molecular flexibility index (Phi) is 0.663. The van der Waals surface area contributed by atoms with Crippen LogP contribution in [0.3, 0.4) is 0 Å². The van der Waals surface area contributed by atoms with Gasteiger partial charge in [-0.3, -0.25) is 0 Å². The average Bonchev–Trinajstić information content (AvgIpc) is 2.44. The molecule has 2 unspecified atom stereocenters. The largest absolute Gasteiger partial charge is 0.327 e. The zero-order valence-corrected chi connectivity index (χ0v) is 5.35. The zero-order valence-electron chi connectivity index (χ0n) is 5.35. The lowest BCUT2D eigenvalue weighted by molar-refractivity contribution is 0.471. The lowest BCUT2D eigenvalue weighted by Crippen LogP contribution is -2.11. The van der Waals surface area contributed by atoms with Crippen molar-refractivity contribution in [3.8, 4) is 0 Å². The lowest BCUT2D eigenvalue weighted by Gasteiger charge is -2.03. The summed E-state index contributed by atoms with van der Waals surface area (Å²) in [6.45, 7) is 2.33. The van der Waals surface area contributed by atoms with E-state index < -0.39 is 0 Å². The van der Waals surface area contributed by atoms with Crippen LogP contribution in [0, 0.1) is 11.3 Å². The molecule has 2 aliphatic rings. The molecule has 46 valence electrons. The van der Waals surface area contributed by atoms with Crippen molar-refractivity contribution >= 4 is 0 Å². The quantitative estimate of drug-likeness (QED) is 0.539. The zero-order chi connectivity index (χ0) is 5.78. The topological polar surface area (TPSA) is 26.0 Å². The molecule has 0 aromatic heterocycles. The highest BCUT2D eigenvalue weighted by Crippen LogP contribution is 2.59. The second kappa shape index (κ2) is 1.10. The molecule has 0 aromatic carbocycles. The van der Waals surface area contributed by atoms with Gasteiger partial charge in [-0.25, -0.2) is 0 Å². The molecule has 1 heteroatoms. The van der Waals surface area contributed by atoms with E-state index >= 15 is 0 Å². The fourth-order valence-electron chi connectivity index (χ4n) is 1.63. The molecule has 2 N–H and O–H groups in total. The maximum absolute atomic E-state index is 5.74. The molecule has 0 spiro atoms. The molecular weight excluding hydrogens is 98.1 g/mol. The van der Waals surface area contributed by atoms with E-state index in [1.54, 1.807) is 0 Å². The third-order valence-corrected chi connectivity index (χ3v) is 2.86. The fraction of sp³-hybridized carbons (Fsp3) is 1.00. The summed E-state index contributed by atoms with van der Waals surface area (Å²) in [7, 11) is 0. The Labute approximate surface area is 50.3 Å². The van der Waals surface area contributed by atoms with Crippen LogP contribution in [0.15, 0.2) is 0 Å². The number of hydrogen-bond donors (Lipinski definition) is 1. The number of nitrogens with two attached hydrogens (primary N) is 1. The first kappa shape index (κ1) is 4.80. The highest BCUT2D eigenvalue weighted by molar-refractivity contribution is 5.10. The van der Waals surface area contributed by atoms with Crippen LogP contribution in [0.2, 0.25) is 0 Å². The first-order valence-electron chi connectivity index (χ1n) is 3.49. The van der Waals surface area contributed by atoms with Crippen LogP contribution < -0.4 is 5.73 Å². The molecule has 0 heterocycles. The van der Waals surface area contributed by atoms with Crippen molar-refractivity contribution in [2.45, 2.75) is 32.2 Å². The molecule has 2 aliphatic carbocycles. The first-order chi connectivity index (χ1) is 3.73. The third-order valence-electron chi connectivity index (χ3n) is 2.86. The molecule has 0 aromatic rings. The highest BCUT2D eigenvalue weighted by atomic mass is 14.8. The molecule has 2 saturated carbocycles. The summed E-state index contributed by atoms with van der Waals surface area (Å²) in [5.41, 5.74) is 6.34. The number of rotatable bonds is 1. The van der Waals surface area contributed by atoms with Gasteiger partial charge in [-0.2, -0.15) is 0 Å². The van der Waals surface area contributed by atoms with Crippen molar-refractivity contribution in [2.75, 3.05) is 0 Å². The summed E-state index contributed by atoms with van der Waals surface area (Å²) >= 11 is 0. The summed E-state index contributed by atoms with van der Waals surface area (Å²) in [5, 5.41) is 0. The van der Waals surface area contributed by atoms with E-state index in [0.29, 0.717) is 11.5 Å². The summed E-state index contributed by atoms with van der Waals surface area (Å²) in [4.78, 5) is 0. The normalized spacial score (nSPS) is 54.0. The average molecular weight is 111 g/mol. The lowest BCUT2D eigenvalue weighted by atomic mass is 10.0. The minimum absolute atomic E-state index is 0.551. The Morgan fingerprint density at radius 2 is 2.00 bits per heavy atom. The smallest absolute Gasteiger partial charge is 0.0102 e. The van der Waals surface area contributed by atoms with E-state index in [1.807, 2.05) is 0 Å². The molecule has 8 heavy (non-hydrogen) atoms. The van der Waals surface area contributed by atoms with E-state index in [4.69, 9.17) is 5.73 Å². The molecule has 0 amide bonds. The predicted molar refractivity (Wildman–Crippen MR) is 33.4 cm³/mol. The van der Waals surface area contributed by atoms with Crippen LogP contribution in [-0.4, -0.2) is 6.04 Å². The molecule has 0 saturated heterocycles. The number of hydrogen-bond acceptors (Lipinski definition) is 1. The maximum atomic E-state index is 5.74. The summed E-state index contributed by atoms with van der Waals surface area (Å²) < 4.78 is 0. The van der Waals surface area contributed by atoms with Crippen molar-refractivity contribution in [2.24, 2.45) is 17.1 Å². The van der Waals surface area contributed by atoms with E-state index in [9.17, 15) is 0 Å². The van der Waals surface area contributed by atoms with Gasteiger partial charge in [0.05, 0.1) is 0 Å².